The summed E-state index contributed by atoms with van der Waals surface area (Å²) in [4.78, 5) is 16.5. The number of ether oxygens (including phenoxy) is 6. The van der Waals surface area contributed by atoms with E-state index in [-0.39, 0.29) is 24.5 Å². The first-order valence-electron chi connectivity index (χ1n) is 19.5. The minimum absolute atomic E-state index is 0.195. The molecule has 3 saturated heterocycles. The number of methoxy groups -OCH3 is 1. The molecule has 4 aliphatic heterocycles. The van der Waals surface area contributed by atoms with E-state index >= 15 is 0 Å². The van der Waals surface area contributed by atoms with Crippen molar-refractivity contribution in [2.24, 2.45) is 17.8 Å². The smallest absolute Gasteiger partial charge is 0.225 e. The van der Waals surface area contributed by atoms with Crippen LogP contribution in [0.2, 0.25) is 0 Å². The number of carbonyl (C=O) groups is 1. The highest BCUT2D eigenvalue weighted by molar-refractivity contribution is 5.79. The average molecular weight is 743 g/mol. The van der Waals surface area contributed by atoms with Crippen molar-refractivity contribution in [2.75, 3.05) is 20.7 Å². The van der Waals surface area contributed by atoms with E-state index in [1.807, 2.05) is 62.4 Å². The van der Waals surface area contributed by atoms with Gasteiger partial charge in [0.05, 0.1) is 42.0 Å². The predicted molar refractivity (Wildman–Crippen MR) is 195 cm³/mol. The van der Waals surface area contributed by atoms with Crippen LogP contribution < -0.4 is 5.32 Å². The molecule has 17 atom stereocenters. The van der Waals surface area contributed by atoms with Gasteiger partial charge in [-0.25, -0.2) is 0 Å². The summed E-state index contributed by atoms with van der Waals surface area (Å²) in [5.41, 5.74) is -2.83. The van der Waals surface area contributed by atoms with Gasteiger partial charge in [0.2, 0.25) is 5.91 Å². The van der Waals surface area contributed by atoms with Gasteiger partial charge < -0.3 is 59.1 Å². The molecule has 52 heavy (non-hydrogen) atoms. The van der Waals surface area contributed by atoms with Gasteiger partial charge in [0.15, 0.2) is 12.6 Å². The van der Waals surface area contributed by atoms with Crippen LogP contribution in [0.1, 0.15) is 108 Å². The Morgan fingerprint density at radius 1 is 0.981 bits per heavy atom. The van der Waals surface area contributed by atoms with Crippen molar-refractivity contribution in [2.45, 2.75) is 192 Å². The number of aliphatic hydroxyl groups excluding tert-OH is 3. The second-order valence-corrected chi connectivity index (χ2v) is 17.0. The number of amides is 1. The van der Waals surface area contributed by atoms with Crippen LogP contribution in [0.25, 0.3) is 0 Å². The molecular formula is C39H70N2O11. The Balaban J connectivity index is 1.85. The van der Waals surface area contributed by atoms with E-state index in [0.29, 0.717) is 31.4 Å². The number of nitrogens with one attached hydrogen (secondary N) is 1. The lowest BCUT2D eigenvalue weighted by Crippen LogP contribution is -2.61. The van der Waals surface area contributed by atoms with Crippen LogP contribution in [-0.4, -0.2) is 136 Å². The number of carbonyl (C=O) groups excluding carboxylic acids is 1. The molecule has 0 saturated carbocycles. The van der Waals surface area contributed by atoms with Crippen LogP contribution >= 0.6 is 0 Å². The number of hydrogen-bond acceptors (Lipinski definition) is 12. The van der Waals surface area contributed by atoms with Crippen molar-refractivity contribution in [3.63, 3.8) is 0 Å². The van der Waals surface area contributed by atoms with Crippen LogP contribution in [-0.2, 0) is 33.2 Å². The summed E-state index contributed by atoms with van der Waals surface area (Å²) >= 11 is 0. The Labute approximate surface area is 311 Å². The van der Waals surface area contributed by atoms with E-state index in [1.54, 1.807) is 27.9 Å². The van der Waals surface area contributed by atoms with E-state index in [4.69, 9.17) is 28.4 Å². The summed E-state index contributed by atoms with van der Waals surface area (Å²) in [6, 6.07) is -0.989. The Morgan fingerprint density at radius 2 is 1.63 bits per heavy atom. The summed E-state index contributed by atoms with van der Waals surface area (Å²) < 4.78 is 39.0. The van der Waals surface area contributed by atoms with Crippen molar-refractivity contribution >= 4 is 5.91 Å². The highest BCUT2D eigenvalue weighted by Gasteiger charge is 2.56. The molecule has 4 heterocycles. The Morgan fingerprint density at radius 3 is 2.23 bits per heavy atom. The molecule has 4 unspecified atom stereocenters. The maximum absolute atomic E-state index is 14.4. The molecule has 2 bridgehead atoms. The first kappa shape index (κ1) is 43.3. The minimum Gasteiger partial charge on any atom is -0.489 e. The molecule has 302 valence electrons. The van der Waals surface area contributed by atoms with Gasteiger partial charge in [-0.05, 0) is 73.5 Å². The number of rotatable bonds is 9. The third-order valence-corrected chi connectivity index (χ3v) is 12.7. The molecule has 13 nitrogen and oxygen atoms in total. The fourth-order valence-corrected chi connectivity index (χ4v) is 9.16. The molecule has 4 aliphatic rings. The van der Waals surface area contributed by atoms with Gasteiger partial charge in [0.1, 0.15) is 35.3 Å². The van der Waals surface area contributed by atoms with Gasteiger partial charge in [0, 0.05) is 37.8 Å². The molecule has 5 N–H and O–H groups in total. The van der Waals surface area contributed by atoms with E-state index in [9.17, 15) is 25.2 Å². The molecule has 3 fully saturated rings. The number of aliphatic hydroxyl groups is 4. The number of nitrogens with zero attached hydrogens (tertiary/aromatic N) is 1. The highest BCUT2D eigenvalue weighted by atomic mass is 16.7. The monoisotopic (exact) mass is 742 g/mol. The van der Waals surface area contributed by atoms with Crippen LogP contribution in [0, 0.1) is 17.8 Å². The lowest BCUT2D eigenvalue weighted by atomic mass is 9.77. The fraction of sp³-hybridized carbons (Fsp3) is 0.923. The van der Waals surface area contributed by atoms with Gasteiger partial charge in [-0.2, -0.15) is 0 Å². The Hall–Kier alpha value is -1.39. The molecule has 13 heteroatoms. The van der Waals surface area contributed by atoms with Gasteiger partial charge in [-0.3, -0.25) is 4.79 Å². The number of likely N-dealkylation sites (N-methyl/N-ethyl adjacent to an activating group) is 1. The SMILES string of the molecule is CCCC1NC(=O)[C@H](C)[C@@H](OC2C[C@@](C)(OC)C(O)[C@H](C)O2)[C@H](C)[C@@H](OC2O[C@H](C)C[C@H](N(C)CC)[C@H]2O)[C@@]2(C)CC(C)=C(O2)[C@H](C)[C@@H](O)[C@]1(C)O. The van der Waals surface area contributed by atoms with Crippen molar-refractivity contribution < 1.29 is 53.6 Å². The molecule has 0 spiro atoms. The van der Waals surface area contributed by atoms with E-state index in [1.165, 1.54) is 0 Å². The fourth-order valence-electron chi connectivity index (χ4n) is 9.16. The molecule has 0 aromatic heterocycles. The molecule has 1 amide bonds. The maximum atomic E-state index is 14.4. The minimum atomic E-state index is -1.71. The summed E-state index contributed by atoms with van der Waals surface area (Å²) in [5.74, 6) is -1.83. The second kappa shape index (κ2) is 16.8. The summed E-state index contributed by atoms with van der Waals surface area (Å²) in [5, 5.41) is 49.5. The van der Waals surface area contributed by atoms with Crippen LogP contribution in [0.5, 0.6) is 0 Å². The lowest BCUT2D eigenvalue weighted by Gasteiger charge is -2.49. The van der Waals surface area contributed by atoms with E-state index in [2.05, 4.69) is 10.2 Å². The summed E-state index contributed by atoms with van der Waals surface area (Å²) in [7, 11) is 3.51. The molecule has 0 radical (unpaired) electrons. The normalized spacial score (nSPS) is 48.1. The largest absolute Gasteiger partial charge is 0.489 e. The molecular weight excluding hydrogens is 672 g/mol. The molecule has 0 aromatic carbocycles. The van der Waals surface area contributed by atoms with Crippen molar-refractivity contribution in [1.29, 1.82) is 0 Å². The standard InChI is InChI=1S/C39H70N2O11/c1-14-16-27-39(11,46)32(43)22(5)30-20(3)18-38(10,52-30)34(51-36-29(42)26(41(12)15-2)17-21(4)48-36)23(6)31(24(7)35(45)40-27)50-28-19-37(9,47-13)33(44)25(8)49-28/h21-29,31-34,36,42-44,46H,14-19H2,1-13H3,(H,40,45)/t21-,22+,23+,24-,25+,26+,27?,28?,29-,31+,32-,33?,34-,36?,37-,38-,39-/m1/s1. The van der Waals surface area contributed by atoms with Crippen molar-refractivity contribution in [3.05, 3.63) is 11.3 Å². The van der Waals surface area contributed by atoms with E-state index in [0.717, 1.165) is 12.1 Å². The van der Waals surface area contributed by atoms with Crippen molar-refractivity contribution in [1.82, 2.24) is 10.2 Å². The molecule has 0 aliphatic carbocycles. The zero-order chi connectivity index (χ0) is 39.1. The summed E-state index contributed by atoms with van der Waals surface area (Å²) in [6.45, 7) is 21.3. The lowest BCUT2D eigenvalue weighted by molar-refractivity contribution is -0.316. The molecule has 4 rings (SSSR count). The average Bonchev–Trinajstić information content (AvgIpc) is 3.41. The Bertz CT molecular complexity index is 1250. The topological polar surface area (TPSA) is 169 Å². The summed E-state index contributed by atoms with van der Waals surface area (Å²) in [6.07, 6.45) is -5.20. The zero-order valence-corrected chi connectivity index (χ0v) is 33.9. The van der Waals surface area contributed by atoms with Gasteiger partial charge in [-0.15, -0.1) is 0 Å². The van der Waals surface area contributed by atoms with Crippen LogP contribution in [0.15, 0.2) is 11.3 Å². The van der Waals surface area contributed by atoms with Crippen LogP contribution in [0.3, 0.4) is 0 Å². The van der Waals surface area contributed by atoms with Gasteiger partial charge in [-0.1, -0.05) is 41.0 Å². The third-order valence-electron chi connectivity index (χ3n) is 12.7. The Kier molecular flexibility index (Phi) is 14.0. The first-order valence-corrected chi connectivity index (χ1v) is 19.5. The second-order valence-electron chi connectivity index (χ2n) is 17.0. The zero-order valence-electron chi connectivity index (χ0n) is 33.9. The van der Waals surface area contributed by atoms with Crippen molar-refractivity contribution in [3.8, 4) is 0 Å². The quantitative estimate of drug-likeness (QED) is 0.234. The molecule has 0 aromatic rings. The third kappa shape index (κ3) is 8.54. The maximum Gasteiger partial charge on any atom is 0.225 e. The van der Waals surface area contributed by atoms with Gasteiger partial charge in [0.25, 0.3) is 0 Å². The highest BCUT2D eigenvalue weighted by Crippen LogP contribution is 2.47. The number of hydrogen-bond donors (Lipinski definition) is 5. The van der Waals surface area contributed by atoms with Gasteiger partial charge >= 0.3 is 0 Å². The van der Waals surface area contributed by atoms with Crippen LogP contribution in [0.4, 0.5) is 0 Å². The first-order chi connectivity index (χ1) is 24.1. The predicted octanol–water partition coefficient (Wildman–Crippen LogP) is 3.25. The van der Waals surface area contributed by atoms with E-state index < -0.39 is 89.8 Å². The number of fused-ring (bicyclic) bond motifs is 2.